The molecule has 0 aliphatic heterocycles. The van der Waals surface area contributed by atoms with Crippen LogP contribution in [0.25, 0.3) is 10.9 Å². The number of rotatable bonds is 4. The van der Waals surface area contributed by atoms with E-state index in [1.165, 1.54) is 0 Å². The summed E-state index contributed by atoms with van der Waals surface area (Å²) in [4.78, 5) is 5.01. The average molecular weight is 273 g/mol. The van der Waals surface area contributed by atoms with Crippen molar-refractivity contribution in [1.82, 2.24) is 4.98 Å². The maximum Gasteiger partial charge on any atom is 0.137 e. The van der Waals surface area contributed by atoms with Gasteiger partial charge in [-0.1, -0.05) is 44.3 Å². The van der Waals surface area contributed by atoms with Gasteiger partial charge in [0.25, 0.3) is 0 Å². The number of hydrogen-bond donors (Lipinski definition) is 2. The third kappa shape index (κ3) is 3.01. The number of fused-ring (bicyclic) bond motifs is 1. The van der Waals surface area contributed by atoms with E-state index in [0.717, 1.165) is 22.3 Å². The fourth-order valence-corrected chi connectivity index (χ4v) is 1.95. The molecule has 0 bridgehead atoms. The Labute approximate surface area is 119 Å². The molecule has 0 radical (unpaired) electrons. The smallest absolute Gasteiger partial charge is 0.137 e. The van der Waals surface area contributed by atoms with Gasteiger partial charge in [-0.3, -0.25) is 0 Å². The number of aromatic nitrogens is 1. The Kier molecular flexibility index (Phi) is 4.00. The predicted molar refractivity (Wildman–Crippen MR) is 85.6 cm³/mol. The molecular weight excluding hydrogens is 254 g/mol. The molecular formula is C15H19N3S. The van der Waals surface area contributed by atoms with E-state index in [0.29, 0.717) is 16.9 Å². The molecule has 0 saturated carbocycles. The normalized spacial score (nSPS) is 12.6. The highest BCUT2D eigenvalue weighted by Gasteiger charge is 2.13. The Morgan fingerprint density at radius 1 is 1.26 bits per heavy atom. The summed E-state index contributed by atoms with van der Waals surface area (Å²) in [6.45, 7) is 6.46. The van der Waals surface area contributed by atoms with Crippen LogP contribution in [0.4, 0.5) is 5.82 Å². The van der Waals surface area contributed by atoms with Gasteiger partial charge in [-0.15, -0.1) is 0 Å². The van der Waals surface area contributed by atoms with Gasteiger partial charge in [0, 0.05) is 11.4 Å². The highest BCUT2D eigenvalue weighted by Crippen LogP contribution is 2.22. The van der Waals surface area contributed by atoms with Crippen LogP contribution in [0, 0.1) is 5.92 Å². The molecule has 0 aliphatic rings. The molecule has 1 aromatic heterocycles. The van der Waals surface area contributed by atoms with Gasteiger partial charge in [-0.05, 0) is 25.0 Å². The summed E-state index contributed by atoms with van der Waals surface area (Å²) >= 11 is 5.13. The number of thiocarbonyl (C=S) groups is 1. The zero-order chi connectivity index (χ0) is 14.0. The minimum Gasteiger partial charge on any atom is -0.389 e. The van der Waals surface area contributed by atoms with E-state index in [1.54, 1.807) is 0 Å². The van der Waals surface area contributed by atoms with Crippen LogP contribution < -0.4 is 11.1 Å². The SMILES string of the molecule is CC(C)C(C)Nc1nc2ccccc2cc1C(N)=S. The van der Waals surface area contributed by atoms with E-state index in [2.05, 4.69) is 31.1 Å². The number of benzene rings is 1. The second-order valence-electron chi connectivity index (χ2n) is 5.12. The van der Waals surface area contributed by atoms with Crippen molar-refractivity contribution < 1.29 is 0 Å². The van der Waals surface area contributed by atoms with Crippen molar-refractivity contribution in [2.45, 2.75) is 26.8 Å². The van der Waals surface area contributed by atoms with E-state index >= 15 is 0 Å². The van der Waals surface area contributed by atoms with Gasteiger partial charge in [0.15, 0.2) is 0 Å². The molecule has 2 rings (SSSR count). The number of pyridine rings is 1. The quantitative estimate of drug-likeness (QED) is 0.839. The molecule has 0 spiro atoms. The third-order valence-corrected chi connectivity index (χ3v) is 3.57. The molecule has 1 heterocycles. The van der Waals surface area contributed by atoms with Crippen LogP contribution >= 0.6 is 12.2 Å². The van der Waals surface area contributed by atoms with E-state index < -0.39 is 0 Å². The molecule has 4 heteroatoms. The maximum atomic E-state index is 5.81. The average Bonchev–Trinajstić information content (AvgIpc) is 2.37. The summed E-state index contributed by atoms with van der Waals surface area (Å²) in [5, 5.41) is 4.45. The maximum absolute atomic E-state index is 5.81. The largest absolute Gasteiger partial charge is 0.389 e. The van der Waals surface area contributed by atoms with Crippen molar-refractivity contribution in [3.05, 3.63) is 35.9 Å². The van der Waals surface area contributed by atoms with Gasteiger partial charge < -0.3 is 11.1 Å². The number of nitrogens with one attached hydrogen (secondary N) is 1. The molecule has 1 unspecified atom stereocenters. The fourth-order valence-electron chi connectivity index (χ4n) is 1.80. The second-order valence-corrected chi connectivity index (χ2v) is 5.56. The molecule has 0 aliphatic carbocycles. The van der Waals surface area contributed by atoms with Crippen molar-refractivity contribution in [3.8, 4) is 0 Å². The highest BCUT2D eigenvalue weighted by atomic mass is 32.1. The number of hydrogen-bond acceptors (Lipinski definition) is 3. The van der Waals surface area contributed by atoms with Crippen molar-refractivity contribution in [2.75, 3.05) is 5.32 Å². The Bertz CT molecular complexity index is 607. The third-order valence-electron chi connectivity index (χ3n) is 3.35. The molecule has 1 atom stereocenters. The molecule has 0 amide bonds. The molecule has 3 N–H and O–H groups in total. The summed E-state index contributed by atoms with van der Waals surface area (Å²) in [6, 6.07) is 10.3. The zero-order valence-corrected chi connectivity index (χ0v) is 12.3. The van der Waals surface area contributed by atoms with Gasteiger partial charge in [0.1, 0.15) is 10.8 Å². The first-order valence-corrected chi connectivity index (χ1v) is 6.86. The topological polar surface area (TPSA) is 50.9 Å². The van der Waals surface area contributed by atoms with Crippen molar-refractivity contribution in [3.63, 3.8) is 0 Å². The van der Waals surface area contributed by atoms with Crippen LogP contribution in [-0.4, -0.2) is 16.0 Å². The molecule has 0 fully saturated rings. The van der Waals surface area contributed by atoms with Crippen molar-refractivity contribution in [1.29, 1.82) is 0 Å². The minimum absolute atomic E-state index is 0.307. The summed E-state index contributed by atoms with van der Waals surface area (Å²) < 4.78 is 0. The molecule has 1 aromatic carbocycles. The molecule has 3 nitrogen and oxygen atoms in total. The van der Waals surface area contributed by atoms with Crippen molar-refractivity contribution >= 4 is 33.9 Å². The van der Waals surface area contributed by atoms with Gasteiger partial charge in [0.05, 0.1) is 11.1 Å². The van der Waals surface area contributed by atoms with Gasteiger partial charge in [-0.2, -0.15) is 0 Å². The first kappa shape index (κ1) is 13.7. The molecule has 0 saturated heterocycles. The Balaban J connectivity index is 2.50. The fraction of sp³-hybridized carbons (Fsp3) is 0.333. The van der Waals surface area contributed by atoms with Crippen LogP contribution in [0.15, 0.2) is 30.3 Å². The minimum atomic E-state index is 0.307. The lowest BCUT2D eigenvalue weighted by Gasteiger charge is -2.20. The molecule has 100 valence electrons. The lowest BCUT2D eigenvalue weighted by Crippen LogP contribution is -2.24. The first-order valence-electron chi connectivity index (χ1n) is 6.45. The predicted octanol–water partition coefficient (Wildman–Crippen LogP) is 3.33. The van der Waals surface area contributed by atoms with Crippen molar-refractivity contribution in [2.24, 2.45) is 11.7 Å². The number of anilines is 1. The van der Waals surface area contributed by atoms with Gasteiger partial charge in [-0.25, -0.2) is 4.98 Å². The Hall–Kier alpha value is -1.68. The summed E-state index contributed by atoms with van der Waals surface area (Å²) in [5.41, 5.74) is 7.56. The van der Waals surface area contributed by atoms with Gasteiger partial charge >= 0.3 is 0 Å². The number of nitrogens with zero attached hydrogens (tertiary/aromatic N) is 1. The number of nitrogens with two attached hydrogens (primary N) is 1. The lowest BCUT2D eigenvalue weighted by molar-refractivity contribution is 0.558. The first-order chi connectivity index (χ1) is 8.99. The summed E-state index contributed by atoms with van der Waals surface area (Å²) in [6.07, 6.45) is 0. The Morgan fingerprint density at radius 3 is 2.58 bits per heavy atom. The van der Waals surface area contributed by atoms with E-state index in [-0.39, 0.29) is 0 Å². The zero-order valence-electron chi connectivity index (χ0n) is 11.5. The van der Waals surface area contributed by atoms with Crippen LogP contribution in [0.5, 0.6) is 0 Å². The van der Waals surface area contributed by atoms with Crippen LogP contribution in [0.3, 0.4) is 0 Å². The standard InChI is InChI=1S/C15H19N3S/c1-9(2)10(3)17-15-12(14(16)19)8-11-6-4-5-7-13(11)18-15/h4-10H,1-3H3,(H2,16,19)(H,17,18). The van der Waals surface area contributed by atoms with Crippen LogP contribution in [-0.2, 0) is 0 Å². The number of para-hydroxylation sites is 1. The van der Waals surface area contributed by atoms with E-state index in [1.807, 2.05) is 30.3 Å². The summed E-state index contributed by atoms with van der Waals surface area (Å²) in [5.74, 6) is 1.28. The summed E-state index contributed by atoms with van der Waals surface area (Å²) in [7, 11) is 0. The van der Waals surface area contributed by atoms with Gasteiger partial charge in [0.2, 0.25) is 0 Å². The van der Waals surface area contributed by atoms with E-state index in [4.69, 9.17) is 18.0 Å². The second kappa shape index (κ2) is 5.53. The van der Waals surface area contributed by atoms with Crippen LogP contribution in [0.1, 0.15) is 26.3 Å². The molecule has 19 heavy (non-hydrogen) atoms. The van der Waals surface area contributed by atoms with E-state index in [9.17, 15) is 0 Å². The highest BCUT2D eigenvalue weighted by molar-refractivity contribution is 7.80. The van der Waals surface area contributed by atoms with Crippen LogP contribution in [0.2, 0.25) is 0 Å². The monoisotopic (exact) mass is 273 g/mol. The molecule has 2 aromatic rings. The lowest BCUT2D eigenvalue weighted by atomic mass is 10.1. The Morgan fingerprint density at radius 2 is 1.95 bits per heavy atom.